The van der Waals surface area contributed by atoms with E-state index in [0.29, 0.717) is 6.42 Å². The zero-order valence-electron chi connectivity index (χ0n) is 11.0. The van der Waals surface area contributed by atoms with E-state index in [2.05, 4.69) is 5.10 Å². The second-order valence-electron chi connectivity index (χ2n) is 4.71. The normalized spacial score (nSPS) is 17.9. The standard InChI is InChI=1S/C15H12ClFN2OS/c16-8-15(20)19-14(10-2-1-3-12(17)6-10)7-13(18-19)11-4-5-21-9-11/h1-6,9,14H,7-8H2. The molecular weight excluding hydrogens is 311 g/mol. The fraction of sp³-hybridized carbons (Fsp3) is 0.200. The number of benzene rings is 1. The molecule has 0 aliphatic carbocycles. The lowest BCUT2D eigenvalue weighted by Gasteiger charge is -2.21. The van der Waals surface area contributed by atoms with Gasteiger partial charge in [0, 0.05) is 12.0 Å². The molecule has 0 spiro atoms. The van der Waals surface area contributed by atoms with Gasteiger partial charge in [-0.1, -0.05) is 12.1 Å². The van der Waals surface area contributed by atoms with Crippen molar-refractivity contribution in [3.8, 4) is 0 Å². The molecule has 1 amide bonds. The highest BCUT2D eigenvalue weighted by Crippen LogP contribution is 2.33. The van der Waals surface area contributed by atoms with Crippen molar-refractivity contribution in [2.24, 2.45) is 5.10 Å². The van der Waals surface area contributed by atoms with Crippen LogP contribution in [-0.2, 0) is 4.79 Å². The molecule has 21 heavy (non-hydrogen) atoms. The van der Waals surface area contributed by atoms with Gasteiger partial charge in [0.25, 0.3) is 5.91 Å². The summed E-state index contributed by atoms with van der Waals surface area (Å²) in [5, 5.41) is 9.70. The number of carbonyl (C=O) groups is 1. The van der Waals surface area contributed by atoms with Gasteiger partial charge in [-0.2, -0.15) is 16.4 Å². The summed E-state index contributed by atoms with van der Waals surface area (Å²) in [6, 6.07) is 7.91. The average Bonchev–Trinajstić information content (AvgIpc) is 3.15. The number of hydrazone groups is 1. The highest BCUT2D eigenvalue weighted by atomic mass is 35.5. The Morgan fingerprint density at radius 1 is 1.48 bits per heavy atom. The topological polar surface area (TPSA) is 32.7 Å². The van der Waals surface area contributed by atoms with E-state index in [1.165, 1.54) is 17.1 Å². The Morgan fingerprint density at radius 2 is 2.33 bits per heavy atom. The second kappa shape index (κ2) is 5.95. The largest absolute Gasteiger partial charge is 0.272 e. The fourth-order valence-electron chi connectivity index (χ4n) is 2.38. The molecule has 1 atom stereocenters. The number of carbonyl (C=O) groups excluding carboxylic acids is 1. The van der Waals surface area contributed by atoms with Gasteiger partial charge in [0.2, 0.25) is 0 Å². The molecule has 3 nitrogen and oxygen atoms in total. The molecule has 1 aromatic carbocycles. The van der Waals surface area contributed by atoms with E-state index in [1.807, 2.05) is 16.8 Å². The Morgan fingerprint density at radius 3 is 3.00 bits per heavy atom. The zero-order valence-corrected chi connectivity index (χ0v) is 12.6. The minimum absolute atomic E-state index is 0.147. The van der Waals surface area contributed by atoms with Crippen LogP contribution in [0.2, 0.25) is 0 Å². The van der Waals surface area contributed by atoms with Crippen LogP contribution >= 0.6 is 22.9 Å². The van der Waals surface area contributed by atoms with E-state index in [1.54, 1.807) is 23.5 Å². The summed E-state index contributed by atoms with van der Waals surface area (Å²) < 4.78 is 13.4. The molecule has 6 heteroatoms. The Balaban J connectivity index is 1.95. The number of hydrogen-bond acceptors (Lipinski definition) is 3. The van der Waals surface area contributed by atoms with Crippen molar-refractivity contribution in [3.05, 3.63) is 58.0 Å². The summed E-state index contributed by atoms with van der Waals surface area (Å²) in [5.41, 5.74) is 2.54. The lowest BCUT2D eigenvalue weighted by Crippen LogP contribution is -2.28. The van der Waals surface area contributed by atoms with Crippen LogP contribution in [0.3, 0.4) is 0 Å². The number of nitrogens with zero attached hydrogens (tertiary/aromatic N) is 2. The minimum Gasteiger partial charge on any atom is -0.272 e. The van der Waals surface area contributed by atoms with Gasteiger partial charge in [0.15, 0.2) is 0 Å². The molecule has 1 unspecified atom stereocenters. The smallest absolute Gasteiger partial charge is 0.258 e. The minimum atomic E-state index is -0.324. The fourth-order valence-corrected chi connectivity index (χ4v) is 3.17. The highest BCUT2D eigenvalue weighted by molar-refractivity contribution is 7.08. The second-order valence-corrected chi connectivity index (χ2v) is 5.75. The molecule has 2 aromatic rings. The predicted molar refractivity (Wildman–Crippen MR) is 82.2 cm³/mol. The van der Waals surface area contributed by atoms with Crippen LogP contribution in [-0.4, -0.2) is 22.5 Å². The summed E-state index contributed by atoms with van der Waals surface area (Å²) in [7, 11) is 0. The van der Waals surface area contributed by atoms with Gasteiger partial charge in [-0.25, -0.2) is 9.40 Å². The van der Waals surface area contributed by atoms with Gasteiger partial charge in [-0.15, -0.1) is 11.6 Å². The number of hydrogen-bond donors (Lipinski definition) is 0. The van der Waals surface area contributed by atoms with E-state index in [0.717, 1.165) is 16.8 Å². The van der Waals surface area contributed by atoms with Gasteiger partial charge >= 0.3 is 0 Å². The summed E-state index contributed by atoms with van der Waals surface area (Å²) in [6.07, 6.45) is 0.558. The Bertz CT molecular complexity index is 687. The number of halogens is 2. The van der Waals surface area contributed by atoms with Gasteiger partial charge in [-0.3, -0.25) is 4.79 Å². The number of rotatable bonds is 3. The quantitative estimate of drug-likeness (QED) is 0.791. The van der Waals surface area contributed by atoms with Gasteiger partial charge in [0.1, 0.15) is 11.7 Å². The van der Waals surface area contributed by atoms with Crippen LogP contribution in [0, 0.1) is 5.82 Å². The SMILES string of the molecule is O=C(CCl)N1N=C(c2ccsc2)CC1c1cccc(F)c1. The van der Waals surface area contributed by atoms with Crippen LogP contribution in [0.25, 0.3) is 0 Å². The molecule has 0 saturated heterocycles. The van der Waals surface area contributed by atoms with Crippen LogP contribution in [0.15, 0.2) is 46.2 Å². The lowest BCUT2D eigenvalue weighted by atomic mass is 9.99. The number of thiophene rings is 1. The first-order valence-electron chi connectivity index (χ1n) is 6.42. The van der Waals surface area contributed by atoms with Crippen molar-refractivity contribution in [1.82, 2.24) is 5.01 Å². The summed E-state index contributed by atoms with van der Waals surface area (Å²) in [6.45, 7) is 0. The molecule has 2 heterocycles. The van der Waals surface area contributed by atoms with Crippen molar-refractivity contribution in [2.45, 2.75) is 12.5 Å². The average molecular weight is 323 g/mol. The van der Waals surface area contributed by atoms with Crippen LogP contribution in [0.4, 0.5) is 4.39 Å². The third-order valence-corrected chi connectivity index (χ3v) is 4.28. The number of alkyl halides is 1. The van der Waals surface area contributed by atoms with Crippen molar-refractivity contribution in [3.63, 3.8) is 0 Å². The maximum Gasteiger partial charge on any atom is 0.258 e. The highest BCUT2D eigenvalue weighted by Gasteiger charge is 2.32. The maximum atomic E-state index is 13.4. The van der Waals surface area contributed by atoms with E-state index in [4.69, 9.17) is 11.6 Å². The van der Waals surface area contributed by atoms with Crippen molar-refractivity contribution >= 4 is 34.6 Å². The van der Waals surface area contributed by atoms with Crippen molar-refractivity contribution in [2.75, 3.05) is 5.88 Å². The molecule has 0 bridgehead atoms. The molecule has 1 aliphatic heterocycles. The Labute approximate surface area is 130 Å². The van der Waals surface area contributed by atoms with E-state index in [-0.39, 0.29) is 23.6 Å². The molecule has 1 aliphatic rings. The molecule has 0 saturated carbocycles. The lowest BCUT2D eigenvalue weighted by molar-refractivity contribution is -0.130. The molecule has 3 rings (SSSR count). The third-order valence-electron chi connectivity index (χ3n) is 3.37. The summed E-state index contributed by atoms with van der Waals surface area (Å²) in [4.78, 5) is 12.0. The van der Waals surface area contributed by atoms with Crippen LogP contribution < -0.4 is 0 Å². The van der Waals surface area contributed by atoms with Crippen molar-refractivity contribution in [1.29, 1.82) is 0 Å². The van der Waals surface area contributed by atoms with E-state index >= 15 is 0 Å². The predicted octanol–water partition coefficient (Wildman–Crippen LogP) is 3.80. The first-order chi connectivity index (χ1) is 10.2. The molecule has 108 valence electrons. The monoisotopic (exact) mass is 322 g/mol. The summed E-state index contributed by atoms with van der Waals surface area (Å²) in [5.74, 6) is -0.752. The van der Waals surface area contributed by atoms with E-state index < -0.39 is 0 Å². The van der Waals surface area contributed by atoms with Crippen LogP contribution in [0.1, 0.15) is 23.6 Å². The van der Waals surface area contributed by atoms with Gasteiger partial charge in [-0.05, 0) is 34.5 Å². The Kier molecular flexibility index (Phi) is 4.03. The molecule has 0 radical (unpaired) electrons. The zero-order chi connectivity index (χ0) is 14.8. The molecular formula is C15H12ClFN2OS. The molecule has 0 fully saturated rings. The van der Waals surface area contributed by atoms with Gasteiger partial charge in [0.05, 0.1) is 11.8 Å². The first kappa shape index (κ1) is 14.2. The number of amides is 1. The first-order valence-corrected chi connectivity index (χ1v) is 7.90. The molecule has 1 aromatic heterocycles. The van der Waals surface area contributed by atoms with Crippen LogP contribution in [0.5, 0.6) is 0 Å². The maximum absolute atomic E-state index is 13.4. The third kappa shape index (κ3) is 2.84. The van der Waals surface area contributed by atoms with Crippen molar-refractivity contribution < 1.29 is 9.18 Å². The van der Waals surface area contributed by atoms with E-state index in [9.17, 15) is 9.18 Å². The Hall–Kier alpha value is -1.72. The summed E-state index contributed by atoms with van der Waals surface area (Å²) >= 11 is 7.23. The van der Waals surface area contributed by atoms with Gasteiger partial charge < -0.3 is 0 Å². The molecule has 0 N–H and O–H groups in total.